The van der Waals surface area contributed by atoms with Crippen molar-refractivity contribution in [1.29, 1.82) is 0 Å². The van der Waals surface area contributed by atoms with Gasteiger partial charge in [0.1, 0.15) is 12.4 Å². The van der Waals surface area contributed by atoms with Crippen molar-refractivity contribution in [2.75, 3.05) is 19.0 Å². The first-order chi connectivity index (χ1) is 20.8. The Labute approximate surface area is 252 Å². The summed E-state index contributed by atoms with van der Waals surface area (Å²) in [5.41, 5.74) is 4.16. The molecule has 3 aromatic carbocycles. The van der Waals surface area contributed by atoms with E-state index in [0.29, 0.717) is 35.0 Å². The number of halogens is 1. The Morgan fingerprint density at radius 2 is 1.88 bits per heavy atom. The fraction of sp³-hybridized carbons (Fsp3) is 0.200. The molecular weight excluding hydrogens is 574 g/mol. The zero-order valence-electron chi connectivity index (χ0n) is 23.2. The van der Waals surface area contributed by atoms with Crippen molar-refractivity contribution in [1.82, 2.24) is 30.8 Å². The number of benzene rings is 3. The number of nitrogens with zero attached hydrogens (tertiary/aromatic N) is 4. The maximum Gasteiger partial charge on any atom is 0.404 e. The number of carboxylic acid groups (broad SMARTS) is 1. The Kier molecular flexibility index (Phi) is 10.9. The summed E-state index contributed by atoms with van der Waals surface area (Å²) in [4.78, 5) is 37.6. The van der Waals surface area contributed by atoms with Crippen molar-refractivity contribution >= 4 is 41.3 Å². The average Bonchev–Trinajstić information content (AvgIpc) is 3.53. The third-order valence-corrected chi connectivity index (χ3v) is 6.63. The summed E-state index contributed by atoms with van der Waals surface area (Å²) < 4.78 is 6.64. The Morgan fingerprint density at radius 3 is 2.60 bits per heavy atom. The van der Waals surface area contributed by atoms with Gasteiger partial charge < -0.3 is 25.8 Å². The minimum Gasteiger partial charge on any atom is -0.465 e. The van der Waals surface area contributed by atoms with E-state index in [-0.39, 0.29) is 13.0 Å². The van der Waals surface area contributed by atoms with E-state index in [4.69, 9.17) is 21.4 Å². The number of tetrazole rings is 1. The largest absolute Gasteiger partial charge is 0.465 e. The van der Waals surface area contributed by atoms with Gasteiger partial charge in [-0.3, -0.25) is 9.59 Å². The summed E-state index contributed by atoms with van der Waals surface area (Å²) in [6.45, 7) is 0.529. The predicted molar refractivity (Wildman–Crippen MR) is 161 cm³/mol. The van der Waals surface area contributed by atoms with Gasteiger partial charge in [0.15, 0.2) is 0 Å². The van der Waals surface area contributed by atoms with E-state index < -0.39 is 23.9 Å². The number of hydrogen-bond acceptors (Lipinski definition) is 7. The number of carbonyl (C=O) groups is 3. The maximum atomic E-state index is 13.5. The van der Waals surface area contributed by atoms with E-state index in [1.54, 1.807) is 49.6 Å². The highest BCUT2D eigenvalue weighted by Crippen LogP contribution is 2.21. The van der Waals surface area contributed by atoms with Crippen LogP contribution in [0.25, 0.3) is 11.8 Å². The van der Waals surface area contributed by atoms with Crippen LogP contribution < -0.4 is 16.0 Å². The summed E-state index contributed by atoms with van der Waals surface area (Å²) in [5, 5.41) is 28.7. The highest BCUT2D eigenvalue weighted by atomic mass is 35.5. The van der Waals surface area contributed by atoms with Gasteiger partial charge in [-0.15, -0.1) is 5.10 Å². The average molecular weight is 604 g/mol. The van der Waals surface area contributed by atoms with Crippen LogP contribution in [0.2, 0.25) is 5.02 Å². The molecule has 4 N–H and O–H groups in total. The number of rotatable bonds is 13. The van der Waals surface area contributed by atoms with E-state index >= 15 is 0 Å². The van der Waals surface area contributed by atoms with Gasteiger partial charge in [0.2, 0.25) is 11.8 Å². The lowest BCUT2D eigenvalue weighted by molar-refractivity contribution is -0.123. The number of amides is 3. The lowest BCUT2D eigenvalue weighted by Gasteiger charge is -2.19. The molecule has 1 heterocycles. The van der Waals surface area contributed by atoms with Crippen molar-refractivity contribution in [3.8, 4) is 5.69 Å². The number of methoxy groups -OCH3 is 1. The zero-order valence-corrected chi connectivity index (χ0v) is 24.0. The lowest BCUT2D eigenvalue weighted by Crippen LogP contribution is -2.44. The van der Waals surface area contributed by atoms with Crippen LogP contribution in [0.5, 0.6) is 0 Å². The van der Waals surface area contributed by atoms with Gasteiger partial charge in [0, 0.05) is 42.4 Å². The molecule has 4 aromatic rings. The molecule has 222 valence electrons. The fourth-order valence-corrected chi connectivity index (χ4v) is 4.49. The molecule has 3 amide bonds. The maximum absolute atomic E-state index is 13.5. The number of ether oxygens (including phenoxy) is 1. The summed E-state index contributed by atoms with van der Waals surface area (Å²) >= 11 is 6.18. The standard InChI is InChI=1S/C30H30ClN7O5/c1-43-14-13-21-17-25(10-7-23(21)18-32-30(41)42)34-29(40)26(15-20-5-3-2-4-6-20)35-28(39)12-8-22-16-24(31)9-11-27(22)38-19-33-36-37-38/h2-12,16-17,19,26,32H,13-15,18H2,1H3,(H,34,40)(H,35,39)(H,41,42)/t26-/m0/s1. The monoisotopic (exact) mass is 603 g/mol. The summed E-state index contributed by atoms with van der Waals surface area (Å²) in [6, 6.07) is 18.7. The first-order valence-electron chi connectivity index (χ1n) is 13.3. The first-order valence-corrected chi connectivity index (χ1v) is 13.6. The molecule has 1 atom stereocenters. The smallest absolute Gasteiger partial charge is 0.404 e. The second kappa shape index (κ2) is 15.2. The van der Waals surface area contributed by atoms with Crippen LogP contribution in [0.3, 0.4) is 0 Å². The summed E-state index contributed by atoms with van der Waals surface area (Å²) in [6.07, 6.45) is 3.94. The molecule has 13 heteroatoms. The van der Waals surface area contributed by atoms with E-state index in [1.807, 2.05) is 30.3 Å². The van der Waals surface area contributed by atoms with Crippen LogP contribution in [0, 0.1) is 0 Å². The van der Waals surface area contributed by atoms with Crippen LogP contribution in [0.15, 0.2) is 79.1 Å². The van der Waals surface area contributed by atoms with Gasteiger partial charge in [0.05, 0.1) is 12.3 Å². The van der Waals surface area contributed by atoms with Crippen molar-refractivity contribution in [2.24, 2.45) is 0 Å². The highest BCUT2D eigenvalue weighted by Gasteiger charge is 2.21. The van der Waals surface area contributed by atoms with E-state index in [2.05, 4.69) is 31.5 Å². The van der Waals surface area contributed by atoms with Crippen molar-refractivity contribution in [2.45, 2.75) is 25.4 Å². The summed E-state index contributed by atoms with van der Waals surface area (Å²) in [7, 11) is 1.57. The Hall–Kier alpha value is -5.07. The van der Waals surface area contributed by atoms with Gasteiger partial charge in [-0.1, -0.05) is 48.0 Å². The first kappa shape index (κ1) is 30.9. The molecule has 1 aromatic heterocycles. The quantitative estimate of drug-likeness (QED) is 0.168. The summed E-state index contributed by atoms with van der Waals surface area (Å²) in [5.74, 6) is -0.911. The molecule has 0 saturated carbocycles. The highest BCUT2D eigenvalue weighted by molar-refractivity contribution is 6.30. The number of hydrogen-bond donors (Lipinski definition) is 4. The van der Waals surface area contributed by atoms with Crippen LogP contribution in [-0.2, 0) is 33.7 Å². The minimum atomic E-state index is -1.13. The Morgan fingerprint density at radius 1 is 1.07 bits per heavy atom. The minimum absolute atomic E-state index is 0.114. The fourth-order valence-electron chi connectivity index (χ4n) is 4.30. The van der Waals surface area contributed by atoms with Crippen LogP contribution >= 0.6 is 11.6 Å². The molecular formula is C30H30ClN7O5. The van der Waals surface area contributed by atoms with Gasteiger partial charge in [-0.2, -0.15) is 4.68 Å². The van der Waals surface area contributed by atoms with Crippen LogP contribution in [0.1, 0.15) is 22.3 Å². The molecule has 0 fully saturated rings. The number of anilines is 1. The van der Waals surface area contributed by atoms with Gasteiger partial charge in [-0.05, 0) is 69.9 Å². The molecule has 4 rings (SSSR count). The molecule has 0 bridgehead atoms. The molecule has 0 saturated heterocycles. The van der Waals surface area contributed by atoms with Crippen molar-refractivity contribution < 1.29 is 24.2 Å². The van der Waals surface area contributed by atoms with E-state index in [0.717, 1.165) is 16.7 Å². The topological polar surface area (TPSA) is 160 Å². The van der Waals surface area contributed by atoms with E-state index in [1.165, 1.54) is 17.1 Å². The molecule has 0 aliphatic heterocycles. The Balaban J connectivity index is 1.53. The molecule has 0 aliphatic rings. The van der Waals surface area contributed by atoms with E-state index in [9.17, 15) is 14.4 Å². The van der Waals surface area contributed by atoms with Gasteiger partial charge >= 0.3 is 6.09 Å². The second-order valence-electron chi connectivity index (χ2n) is 9.42. The SMILES string of the molecule is COCCc1cc(NC(=O)[C@H](Cc2ccccc2)NC(=O)C=Cc2cc(Cl)ccc2-n2cnnn2)ccc1CNC(=O)O. The predicted octanol–water partition coefficient (Wildman–Crippen LogP) is 3.65. The normalized spacial score (nSPS) is 11.7. The Bertz CT molecular complexity index is 1580. The number of nitrogens with one attached hydrogen (secondary N) is 3. The third-order valence-electron chi connectivity index (χ3n) is 6.39. The third kappa shape index (κ3) is 9.21. The molecule has 0 unspecified atom stereocenters. The van der Waals surface area contributed by atoms with Gasteiger partial charge in [0.25, 0.3) is 0 Å². The molecule has 0 aliphatic carbocycles. The number of carbonyl (C=O) groups excluding carboxylic acids is 2. The molecule has 0 spiro atoms. The van der Waals surface area contributed by atoms with Crippen LogP contribution in [-0.4, -0.2) is 63.0 Å². The van der Waals surface area contributed by atoms with Gasteiger partial charge in [-0.25, -0.2) is 4.79 Å². The molecule has 12 nitrogen and oxygen atoms in total. The van der Waals surface area contributed by atoms with Crippen molar-refractivity contribution in [3.05, 3.63) is 106 Å². The number of aromatic nitrogens is 4. The van der Waals surface area contributed by atoms with Crippen LogP contribution in [0.4, 0.5) is 10.5 Å². The lowest BCUT2D eigenvalue weighted by atomic mass is 10.0. The van der Waals surface area contributed by atoms with Crippen molar-refractivity contribution in [3.63, 3.8) is 0 Å². The molecule has 0 radical (unpaired) electrons. The molecule has 43 heavy (non-hydrogen) atoms. The second-order valence-corrected chi connectivity index (χ2v) is 9.85. The zero-order chi connectivity index (χ0) is 30.6.